The maximum atomic E-state index is 2.39. The molecule has 2 aliphatic rings. The minimum absolute atomic E-state index is 0.150. The fraction of sp³-hybridized carbons (Fsp3) is 0. The SMILES string of the molecule is C1=C[Si]2C=C[Si]12. The molecule has 0 nitrogen and oxygen atoms in total. The molecule has 0 fully saturated rings. The smallest absolute Gasteiger partial charge is 0.0994 e. The summed E-state index contributed by atoms with van der Waals surface area (Å²) in [7, 11) is 0.300. The Kier molecular flexibility index (Phi) is 0.381. The van der Waals surface area contributed by atoms with E-state index in [1.54, 1.807) is 0 Å². The first-order chi connectivity index (χ1) is 2.97. The lowest BCUT2D eigenvalue weighted by Crippen LogP contribution is -2.44. The summed E-state index contributed by atoms with van der Waals surface area (Å²) in [6.45, 7) is 0. The summed E-state index contributed by atoms with van der Waals surface area (Å²) >= 11 is 0. The highest BCUT2D eigenvalue weighted by Gasteiger charge is 2.29. The molecule has 0 aromatic carbocycles. The molecule has 0 saturated heterocycles. The van der Waals surface area contributed by atoms with E-state index in [1.807, 2.05) is 0 Å². The molecule has 0 spiro atoms. The summed E-state index contributed by atoms with van der Waals surface area (Å²) in [6.07, 6.45) is 0. The van der Waals surface area contributed by atoms with Crippen LogP contribution in [0.1, 0.15) is 0 Å². The monoisotopic (exact) mass is 108 g/mol. The van der Waals surface area contributed by atoms with E-state index in [-0.39, 0.29) is 16.6 Å². The molecule has 0 aliphatic carbocycles. The first-order valence-electron chi connectivity index (χ1n) is 2.07. The van der Waals surface area contributed by atoms with Crippen LogP contribution in [0.5, 0.6) is 0 Å². The lowest BCUT2D eigenvalue weighted by atomic mass is 11.2. The van der Waals surface area contributed by atoms with Crippen LogP contribution in [0.3, 0.4) is 0 Å². The van der Waals surface area contributed by atoms with Crippen LogP contribution in [0.15, 0.2) is 22.8 Å². The molecular formula is C4H4Si2. The van der Waals surface area contributed by atoms with E-state index in [1.165, 1.54) is 0 Å². The van der Waals surface area contributed by atoms with E-state index in [2.05, 4.69) is 22.8 Å². The van der Waals surface area contributed by atoms with Gasteiger partial charge in [-0.25, -0.2) is 0 Å². The Labute approximate surface area is 40.2 Å². The van der Waals surface area contributed by atoms with Crippen molar-refractivity contribution in [3.63, 3.8) is 0 Å². The van der Waals surface area contributed by atoms with Crippen molar-refractivity contribution in [1.29, 1.82) is 0 Å². The van der Waals surface area contributed by atoms with Gasteiger partial charge in [0.15, 0.2) is 0 Å². The summed E-state index contributed by atoms with van der Waals surface area (Å²) in [4.78, 5) is 0. The van der Waals surface area contributed by atoms with Gasteiger partial charge in [-0.05, 0) is 0 Å². The molecule has 0 N–H and O–H groups in total. The highest BCUT2D eigenvalue weighted by molar-refractivity contribution is 7.39. The van der Waals surface area contributed by atoms with Gasteiger partial charge >= 0.3 is 0 Å². The van der Waals surface area contributed by atoms with E-state index in [9.17, 15) is 0 Å². The Morgan fingerprint density at radius 3 is 1.00 bits per heavy atom. The molecule has 0 aromatic heterocycles. The van der Waals surface area contributed by atoms with Gasteiger partial charge in [-0.15, -0.1) is 22.8 Å². The van der Waals surface area contributed by atoms with Crippen LogP contribution >= 0.6 is 0 Å². The first-order valence-corrected chi connectivity index (χ1v) is 6.38. The molecule has 0 amide bonds. The van der Waals surface area contributed by atoms with Crippen LogP contribution in [-0.2, 0) is 0 Å². The zero-order valence-corrected chi connectivity index (χ0v) is 5.31. The van der Waals surface area contributed by atoms with Gasteiger partial charge < -0.3 is 0 Å². The molecule has 0 bridgehead atoms. The standard InChI is InChI=1S/C4H4Si2/c1-2-6-4-3-5(1)6/h1-4H. The second-order valence-electron chi connectivity index (χ2n) is 1.58. The molecule has 0 unspecified atom stereocenters. The molecule has 2 radical (unpaired) electrons. The number of rotatable bonds is 0. The van der Waals surface area contributed by atoms with Crippen LogP contribution in [-0.4, -0.2) is 16.6 Å². The van der Waals surface area contributed by atoms with Crippen molar-refractivity contribution >= 4 is 16.6 Å². The number of hydrogen-bond acceptors (Lipinski definition) is 0. The van der Waals surface area contributed by atoms with Crippen LogP contribution in [0.2, 0.25) is 0 Å². The second-order valence-corrected chi connectivity index (χ2v) is 8.20. The quantitative estimate of drug-likeness (QED) is 0.393. The van der Waals surface area contributed by atoms with E-state index >= 15 is 0 Å². The van der Waals surface area contributed by atoms with Gasteiger partial charge in [-0.1, -0.05) is 0 Å². The molecule has 6 heavy (non-hydrogen) atoms. The molecular weight excluding hydrogens is 104 g/mol. The van der Waals surface area contributed by atoms with Gasteiger partial charge in [-0.2, -0.15) is 0 Å². The van der Waals surface area contributed by atoms with Crippen molar-refractivity contribution in [3.8, 4) is 0 Å². The molecule has 2 aliphatic heterocycles. The third-order valence-corrected chi connectivity index (χ3v) is 8.65. The summed E-state index contributed by atoms with van der Waals surface area (Å²) in [5.74, 6) is 0. The maximum Gasteiger partial charge on any atom is 0.0994 e. The highest BCUT2D eigenvalue weighted by Crippen LogP contribution is 2.16. The molecule has 2 rings (SSSR count). The second kappa shape index (κ2) is 0.766. The molecule has 2 heteroatoms. The van der Waals surface area contributed by atoms with Gasteiger partial charge in [0.2, 0.25) is 0 Å². The maximum absolute atomic E-state index is 2.39. The lowest BCUT2D eigenvalue weighted by molar-refractivity contribution is 2.06. The summed E-state index contributed by atoms with van der Waals surface area (Å²) in [5.41, 5.74) is 9.55. The van der Waals surface area contributed by atoms with Crippen molar-refractivity contribution in [2.75, 3.05) is 0 Å². The highest BCUT2D eigenvalue weighted by atomic mass is 29.2. The Bertz CT molecular complexity index is 97.5. The van der Waals surface area contributed by atoms with E-state index in [4.69, 9.17) is 0 Å². The van der Waals surface area contributed by atoms with Gasteiger partial charge in [0, 0.05) is 0 Å². The Balaban J connectivity index is 2.40. The third-order valence-electron chi connectivity index (χ3n) is 1.22. The van der Waals surface area contributed by atoms with Gasteiger partial charge in [0.05, 0.1) is 16.6 Å². The lowest BCUT2D eigenvalue weighted by Gasteiger charge is -2.27. The summed E-state index contributed by atoms with van der Waals surface area (Å²) < 4.78 is 0. The van der Waals surface area contributed by atoms with Crippen LogP contribution < -0.4 is 0 Å². The fourth-order valence-corrected chi connectivity index (χ4v) is 5.30. The number of hydrogen-bond donors (Lipinski definition) is 0. The van der Waals surface area contributed by atoms with E-state index in [0.29, 0.717) is 0 Å². The van der Waals surface area contributed by atoms with Crippen molar-refractivity contribution in [1.82, 2.24) is 0 Å². The van der Waals surface area contributed by atoms with Gasteiger partial charge in [0.1, 0.15) is 0 Å². The van der Waals surface area contributed by atoms with Gasteiger partial charge in [-0.3, -0.25) is 0 Å². The van der Waals surface area contributed by atoms with E-state index in [0.717, 1.165) is 0 Å². The molecule has 0 aromatic rings. The summed E-state index contributed by atoms with van der Waals surface area (Å²) in [5, 5.41) is 0. The first kappa shape index (κ1) is 2.99. The molecule has 28 valence electrons. The van der Waals surface area contributed by atoms with Crippen LogP contribution in [0.4, 0.5) is 0 Å². The van der Waals surface area contributed by atoms with Crippen LogP contribution in [0.25, 0.3) is 0 Å². The largest absolute Gasteiger partial charge is 0.102 e. The minimum Gasteiger partial charge on any atom is -0.102 e. The fourth-order valence-electron chi connectivity index (χ4n) is 0.663. The number of fused-ring (bicyclic) bond motifs is 1. The normalized spacial score (nSPS) is 28.7. The van der Waals surface area contributed by atoms with E-state index < -0.39 is 0 Å². The average Bonchev–Trinajstić information content (AvgIpc) is 1.54. The minimum atomic E-state index is 0.150. The van der Waals surface area contributed by atoms with Crippen molar-refractivity contribution in [3.05, 3.63) is 22.8 Å². The molecule has 2 heterocycles. The Morgan fingerprint density at radius 1 is 0.667 bits per heavy atom. The van der Waals surface area contributed by atoms with Gasteiger partial charge in [0.25, 0.3) is 0 Å². The topological polar surface area (TPSA) is 0 Å². The predicted molar refractivity (Wildman–Crippen MR) is 29.8 cm³/mol. The Hall–Kier alpha value is -0.0862. The van der Waals surface area contributed by atoms with Crippen molar-refractivity contribution in [2.24, 2.45) is 0 Å². The summed E-state index contributed by atoms with van der Waals surface area (Å²) in [6, 6.07) is 0. The third kappa shape index (κ3) is 0.172. The van der Waals surface area contributed by atoms with Crippen LogP contribution in [0, 0.1) is 0 Å². The predicted octanol–water partition coefficient (Wildman–Crippen LogP) is 0.351. The van der Waals surface area contributed by atoms with Crippen molar-refractivity contribution < 1.29 is 0 Å². The zero-order valence-electron chi connectivity index (χ0n) is 3.31. The van der Waals surface area contributed by atoms with Crippen molar-refractivity contribution in [2.45, 2.75) is 0 Å². The Morgan fingerprint density at radius 2 is 1.00 bits per heavy atom. The zero-order chi connectivity index (χ0) is 3.98. The molecule has 0 saturated carbocycles. The molecule has 0 atom stereocenters. The average molecular weight is 108 g/mol.